The second kappa shape index (κ2) is 8.44. The summed E-state index contributed by atoms with van der Waals surface area (Å²) in [4.78, 5) is 0. The lowest BCUT2D eigenvalue weighted by atomic mass is 10.1. The predicted octanol–water partition coefficient (Wildman–Crippen LogP) is 4.79. The van der Waals surface area contributed by atoms with Gasteiger partial charge in [0.05, 0.1) is 5.71 Å². The number of nitrogens with zero attached hydrogens (tertiary/aromatic N) is 1. The van der Waals surface area contributed by atoms with E-state index in [4.69, 9.17) is 12.2 Å². The maximum atomic E-state index is 5.36. The zero-order chi connectivity index (χ0) is 16.7. The smallest absolute Gasteiger partial charge is 0.191 e. The fourth-order valence-corrected chi connectivity index (χ4v) is 2.44. The molecule has 2 aromatic carbocycles. The maximum Gasteiger partial charge on any atom is 0.191 e. The second-order valence-corrected chi connectivity index (χ2v) is 5.90. The molecular formula is C19H23N3S. The van der Waals surface area contributed by atoms with Crippen molar-refractivity contribution >= 4 is 28.7 Å². The van der Waals surface area contributed by atoms with Crippen LogP contribution in [-0.2, 0) is 0 Å². The summed E-state index contributed by atoms with van der Waals surface area (Å²) in [5.74, 6) is 0. The van der Waals surface area contributed by atoms with Crippen molar-refractivity contribution in [2.75, 3.05) is 5.32 Å². The molecule has 23 heavy (non-hydrogen) atoms. The lowest BCUT2D eigenvalue weighted by Gasteiger charge is -2.12. The number of rotatable bonds is 5. The van der Waals surface area contributed by atoms with Gasteiger partial charge in [-0.05, 0) is 55.2 Å². The first-order valence-corrected chi connectivity index (χ1v) is 8.27. The molecule has 0 spiro atoms. The number of anilines is 1. The molecule has 0 saturated carbocycles. The van der Waals surface area contributed by atoms with E-state index in [1.165, 1.54) is 11.1 Å². The van der Waals surface area contributed by atoms with Gasteiger partial charge in [0.2, 0.25) is 0 Å². The summed E-state index contributed by atoms with van der Waals surface area (Å²) >= 11 is 5.36. The molecule has 2 aromatic rings. The molecule has 0 bridgehead atoms. The largest absolute Gasteiger partial charge is 0.331 e. The van der Waals surface area contributed by atoms with Crippen molar-refractivity contribution in [3.8, 4) is 0 Å². The fraction of sp³-hybridized carbons (Fsp3) is 0.263. The minimum atomic E-state index is 0.503. The van der Waals surface area contributed by atoms with E-state index in [1.54, 1.807) is 0 Å². The minimum absolute atomic E-state index is 0.503. The van der Waals surface area contributed by atoms with E-state index in [0.717, 1.165) is 29.8 Å². The van der Waals surface area contributed by atoms with Crippen molar-refractivity contribution < 1.29 is 0 Å². The van der Waals surface area contributed by atoms with Crippen molar-refractivity contribution in [3.63, 3.8) is 0 Å². The number of hydrazone groups is 1. The van der Waals surface area contributed by atoms with Gasteiger partial charge in [0, 0.05) is 5.69 Å². The molecule has 0 atom stereocenters. The molecule has 0 aromatic heterocycles. The first kappa shape index (κ1) is 17.2. The van der Waals surface area contributed by atoms with Gasteiger partial charge in [0.25, 0.3) is 0 Å². The van der Waals surface area contributed by atoms with E-state index in [9.17, 15) is 0 Å². The van der Waals surface area contributed by atoms with Gasteiger partial charge in [0.1, 0.15) is 0 Å². The average Bonchev–Trinajstić information content (AvgIpc) is 2.56. The summed E-state index contributed by atoms with van der Waals surface area (Å²) < 4.78 is 0. The summed E-state index contributed by atoms with van der Waals surface area (Å²) in [6.45, 7) is 6.31. The first-order valence-electron chi connectivity index (χ1n) is 7.87. The first-order chi connectivity index (χ1) is 11.1. The van der Waals surface area contributed by atoms with E-state index in [0.29, 0.717) is 5.11 Å². The van der Waals surface area contributed by atoms with Gasteiger partial charge in [-0.1, -0.05) is 55.8 Å². The van der Waals surface area contributed by atoms with Crippen LogP contribution in [0.25, 0.3) is 0 Å². The molecule has 120 valence electrons. The highest BCUT2D eigenvalue weighted by Crippen LogP contribution is 2.17. The van der Waals surface area contributed by atoms with Gasteiger partial charge in [-0.3, -0.25) is 5.43 Å². The molecule has 0 fully saturated rings. The van der Waals surface area contributed by atoms with Crippen LogP contribution >= 0.6 is 12.2 Å². The third kappa shape index (κ3) is 4.89. The number of nitrogens with one attached hydrogen (secondary N) is 2. The molecule has 3 nitrogen and oxygen atoms in total. The van der Waals surface area contributed by atoms with E-state index in [2.05, 4.69) is 54.8 Å². The highest BCUT2D eigenvalue weighted by molar-refractivity contribution is 7.80. The summed E-state index contributed by atoms with van der Waals surface area (Å²) in [6.07, 6.45) is 1.94. The third-order valence-electron chi connectivity index (χ3n) is 3.74. The predicted molar refractivity (Wildman–Crippen MR) is 103 cm³/mol. The Morgan fingerprint density at radius 1 is 1.04 bits per heavy atom. The van der Waals surface area contributed by atoms with Gasteiger partial charge in [0.15, 0.2) is 5.11 Å². The number of thiocarbonyl (C=S) groups is 1. The monoisotopic (exact) mass is 325 g/mol. The molecule has 0 unspecified atom stereocenters. The Hall–Kier alpha value is -2.20. The average molecular weight is 325 g/mol. The van der Waals surface area contributed by atoms with Crippen LogP contribution in [0.5, 0.6) is 0 Å². The quantitative estimate of drug-likeness (QED) is 0.471. The summed E-state index contributed by atoms with van der Waals surface area (Å²) in [5, 5.41) is 8.21. The van der Waals surface area contributed by atoms with Crippen molar-refractivity contribution in [3.05, 3.63) is 65.2 Å². The molecule has 0 aliphatic heterocycles. The van der Waals surface area contributed by atoms with Crippen LogP contribution < -0.4 is 10.7 Å². The zero-order valence-corrected chi connectivity index (χ0v) is 14.7. The maximum absolute atomic E-state index is 5.36. The van der Waals surface area contributed by atoms with Crippen LogP contribution in [-0.4, -0.2) is 10.8 Å². The van der Waals surface area contributed by atoms with Crippen LogP contribution in [0.3, 0.4) is 0 Å². The number of hydrogen-bond donors (Lipinski definition) is 2. The number of benzene rings is 2. The highest BCUT2D eigenvalue weighted by Gasteiger charge is 2.05. The molecule has 0 radical (unpaired) electrons. The van der Waals surface area contributed by atoms with Gasteiger partial charge in [-0.2, -0.15) is 5.10 Å². The molecular weight excluding hydrogens is 302 g/mol. The molecule has 0 heterocycles. The Morgan fingerprint density at radius 2 is 1.78 bits per heavy atom. The van der Waals surface area contributed by atoms with Gasteiger partial charge >= 0.3 is 0 Å². The van der Waals surface area contributed by atoms with Gasteiger partial charge < -0.3 is 5.32 Å². The van der Waals surface area contributed by atoms with E-state index < -0.39 is 0 Å². The standard InChI is InChI=1S/C19H23N3S/c1-4-9-18(16-11-6-5-7-12-16)21-22-19(23)20-17-13-8-10-14(2)15(17)3/h5-8,10-13H,4,9H2,1-3H3,(H2,20,22,23)/b21-18-. The lowest BCUT2D eigenvalue weighted by Crippen LogP contribution is -2.25. The summed E-state index contributed by atoms with van der Waals surface area (Å²) in [6, 6.07) is 16.3. The molecule has 2 N–H and O–H groups in total. The van der Waals surface area contributed by atoms with Gasteiger partial charge in [-0.15, -0.1) is 0 Å². The van der Waals surface area contributed by atoms with Crippen molar-refractivity contribution in [2.45, 2.75) is 33.6 Å². The Labute approximate surface area is 143 Å². The Morgan fingerprint density at radius 3 is 2.48 bits per heavy atom. The van der Waals surface area contributed by atoms with Crippen LogP contribution in [0, 0.1) is 13.8 Å². The summed E-state index contributed by atoms with van der Waals surface area (Å²) in [5.41, 5.74) is 8.54. The topological polar surface area (TPSA) is 36.4 Å². The molecule has 2 rings (SSSR count). The normalized spacial score (nSPS) is 11.2. The molecule has 0 saturated heterocycles. The van der Waals surface area contributed by atoms with Crippen LogP contribution in [0.4, 0.5) is 5.69 Å². The molecule has 0 aliphatic rings. The van der Waals surface area contributed by atoms with Crippen LogP contribution in [0.2, 0.25) is 0 Å². The zero-order valence-electron chi connectivity index (χ0n) is 13.9. The molecule has 0 amide bonds. The highest BCUT2D eigenvalue weighted by atomic mass is 32.1. The SMILES string of the molecule is CCC/C(=N/NC(=S)Nc1cccc(C)c1C)c1ccccc1. The Bertz CT molecular complexity index is 693. The Balaban J connectivity index is 2.07. The molecule has 4 heteroatoms. The van der Waals surface area contributed by atoms with Crippen molar-refractivity contribution in [2.24, 2.45) is 5.10 Å². The van der Waals surface area contributed by atoms with Crippen molar-refractivity contribution in [1.82, 2.24) is 5.43 Å². The summed E-state index contributed by atoms with van der Waals surface area (Å²) in [7, 11) is 0. The lowest BCUT2D eigenvalue weighted by molar-refractivity contribution is 0.954. The van der Waals surface area contributed by atoms with Crippen LogP contribution in [0.15, 0.2) is 53.6 Å². The number of aryl methyl sites for hydroxylation is 1. The van der Waals surface area contributed by atoms with Gasteiger partial charge in [-0.25, -0.2) is 0 Å². The van der Waals surface area contributed by atoms with Crippen LogP contribution in [0.1, 0.15) is 36.5 Å². The van der Waals surface area contributed by atoms with Crippen molar-refractivity contribution in [1.29, 1.82) is 0 Å². The van der Waals surface area contributed by atoms with E-state index in [-0.39, 0.29) is 0 Å². The number of hydrogen-bond acceptors (Lipinski definition) is 2. The second-order valence-electron chi connectivity index (χ2n) is 5.49. The Kier molecular flexibility index (Phi) is 6.29. The minimum Gasteiger partial charge on any atom is -0.331 e. The molecule has 0 aliphatic carbocycles. The van der Waals surface area contributed by atoms with E-state index in [1.807, 2.05) is 30.3 Å². The fourth-order valence-electron chi connectivity index (χ4n) is 2.29. The van der Waals surface area contributed by atoms with E-state index >= 15 is 0 Å². The third-order valence-corrected chi connectivity index (χ3v) is 3.93.